The molecule has 8 nitrogen and oxygen atoms in total. The van der Waals surface area contributed by atoms with Crippen LogP contribution in [0.4, 0.5) is 0 Å². The number of carboxylic acid groups (broad SMARTS) is 1. The predicted octanol–water partition coefficient (Wildman–Crippen LogP) is 5.34. The summed E-state index contributed by atoms with van der Waals surface area (Å²) in [5.74, 6) is -1.43. The van der Waals surface area contributed by atoms with Gasteiger partial charge >= 0.3 is 5.97 Å². The summed E-state index contributed by atoms with van der Waals surface area (Å²) in [5, 5.41) is 12.2. The van der Waals surface area contributed by atoms with Gasteiger partial charge in [0.15, 0.2) is 5.82 Å². The highest BCUT2D eigenvalue weighted by Crippen LogP contribution is 2.30. The number of nitrogens with one attached hydrogen (secondary N) is 1. The van der Waals surface area contributed by atoms with Crippen LogP contribution < -0.4 is 5.32 Å². The number of hydrogen-bond donors (Lipinski definition) is 2. The molecule has 1 atom stereocenters. The molecule has 2 aliphatic rings. The first-order chi connectivity index (χ1) is 19.6. The van der Waals surface area contributed by atoms with Crippen molar-refractivity contribution in [1.29, 1.82) is 0 Å². The summed E-state index contributed by atoms with van der Waals surface area (Å²) in [6.07, 6.45) is 10.9. The quantitative estimate of drug-likeness (QED) is 0.377. The minimum atomic E-state index is -0.913. The Labute approximate surface area is 244 Å². The fourth-order valence-corrected chi connectivity index (χ4v) is 6.06. The average Bonchev–Trinajstić information content (AvgIpc) is 3.44. The van der Waals surface area contributed by atoms with E-state index in [2.05, 4.69) is 42.1 Å². The van der Waals surface area contributed by atoms with Crippen molar-refractivity contribution in [3.63, 3.8) is 0 Å². The molecule has 0 spiro atoms. The molecule has 214 valence electrons. The summed E-state index contributed by atoms with van der Waals surface area (Å²) < 4.78 is 0. The van der Waals surface area contributed by atoms with Gasteiger partial charge < -0.3 is 15.3 Å². The molecule has 3 aromatic rings. The highest BCUT2D eigenvalue weighted by Gasteiger charge is 2.39. The van der Waals surface area contributed by atoms with E-state index in [0.29, 0.717) is 10.7 Å². The fraction of sp³-hybridized carbons (Fsp3) is 0.406. The van der Waals surface area contributed by atoms with Crippen LogP contribution in [0, 0.1) is 5.92 Å². The number of thiophene rings is 1. The molecule has 2 amide bonds. The standard InChI is InChI=1S/C32H36N4O4S/c1-32(2,3)27-14-13-26(41-27)29(37)35-25(30(38)36-18-24(19-36)31(39)40)15-20-9-11-22(12-10-20)28-33-16-23(17-34-28)21-7-5-4-6-8-21/h7,9-14,16-17,24-25H,4-6,8,15,18-19H2,1-3H3,(H,35,37)(H,39,40). The number of likely N-dealkylation sites (tertiary alicyclic amines) is 1. The number of amides is 2. The molecule has 1 unspecified atom stereocenters. The minimum absolute atomic E-state index is 0.0825. The van der Waals surface area contributed by atoms with E-state index in [1.54, 1.807) is 6.07 Å². The molecule has 1 aliphatic carbocycles. The van der Waals surface area contributed by atoms with Crippen LogP contribution in [0.1, 0.15) is 72.1 Å². The van der Waals surface area contributed by atoms with E-state index in [9.17, 15) is 19.5 Å². The largest absolute Gasteiger partial charge is 0.481 e. The van der Waals surface area contributed by atoms with Crippen LogP contribution in [-0.4, -0.2) is 56.9 Å². The third-order valence-corrected chi connectivity index (χ3v) is 9.19. The lowest BCUT2D eigenvalue weighted by atomic mass is 9.95. The zero-order chi connectivity index (χ0) is 29.1. The summed E-state index contributed by atoms with van der Waals surface area (Å²) in [4.78, 5) is 50.1. The molecule has 3 heterocycles. The Morgan fingerprint density at radius 2 is 1.73 bits per heavy atom. The Bertz CT molecular complexity index is 1450. The molecule has 0 saturated carbocycles. The maximum absolute atomic E-state index is 13.4. The number of carboxylic acids is 1. The van der Waals surface area contributed by atoms with Crippen molar-refractivity contribution < 1.29 is 19.5 Å². The summed E-state index contributed by atoms with van der Waals surface area (Å²) >= 11 is 1.42. The van der Waals surface area contributed by atoms with Gasteiger partial charge in [-0.1, -0.05) is 51.1 Å². The smallest absolute Gasteiger partial charge is 0.310 e. The molecule has 1 saturated heterocycles. The Hall–Kier alpha value is -3.85. The van der Waals surface area contributed by atoms with Crippen LogP contribution in [0.2, 0.25) is 0 Å². The molecule has 1 aromatic carbocycles. The molecule has 2 N–H and O–H groups in total. The first kappa shape index (κ1) is 28.7. The van der Waals surface area contributed by atoms with E-state index in [0.717, 1.165) is 34.4 Å². The molecule has 2 aromatic heterocycles. The maximum Gasteiger partial charge on any atom is 0.310 e. The van der Waals surface area contributed by atoms with E-state index in [-0.39, 0.29) is 36.7 Å². The summed E-state index contributed by atoms with van der Waals surface area (Å²) in [7, 11) is 0. The molecular formula is C32H36N4O4S. The van der Waals surface area contributed by atoms with Gasteiger partial charge in [0.1, 0.15) is 6.04 Å². The van der Waals surface area contributed by atoms with Crippen LogP contribution >= 0.6 is 11.3 Å². The van der Waals surface area contributed by atoms with Gasteiger partial charge in [0, 0.05) is 47.9 Å². The van der Waals surface area contributed by atoms with Crippen molar-refractivity contribution in [3.8, 4) is 11.4 Å². The molecular weight excluding hydrogens is 536 g/mol. The van der Waals surface area contributed by atoms with Gasteiger partial charge in [-0.05, 0) is 54.4 Å². The van der Waals surface area contributed by atoms with E-state index >= 15 is 0 Å². The third-order valence-electron chi connectivity index (χ3n) is 7.68. The van der Waals surface area contributed by atoms with Gasteiger partial charge in [0.25, 0.3) is 5.91 Å². The van der Waals surface area contributed by atoms with Crippen molar-refractivity contribution >= 4 is 34.7 Å². The predicted molar refractivity (Wildman–Crippen MR) is 160 cm³/mol. The highest BCUT2D eigenvalue weighted by atomic mass is 32.1. The second kappa shape index (κ2) is 11.9. The van der Waals surface area contributed by atoms with Crippen LogP contribution in [-0.2, 0) is 21.4 Å². The lowest BCUT2D eigenvalue weighted by Gasteiger charge is -2.38. The first-order valence-corrected chi connectivity index (χ1v) is 14.9. The van der Waals surface area contributed by atoms with Crippen LogP contribution in [0.15, 0.2) is 54.9 Å². The van der Waals surface area contributed by atoms with Crippen LogP contribution in [0.25, 0.3) is 17.0 Å². The topological polar surface area (TPSA) is 112 Å². The first-order valence-electron chi connectivity index (χ1n) is 14.1. The number of carbonyl (C=O) groups excluding carboxylic acids is 2. The van der Waals surface area contributed by atoms with E-state index in [4.69, 9.17) is 0 Å². The molecule has 1 aliphatic heterocycles. The molecule has 0 radical (unpaired) electrons. The van der Waals surface area contributed by atoms with Gasteiger partial charge in [-0.25, -0.2) is 9.97 Å². The van der Waals surface area contributed by atoms with Gasteiger partial charge in [0.05, 0.1) is 10.8 Å². The van der Waals surface area contributed by atoms with E-state index in [1.807, 2.05) is 42.7 Å². The van der Waals surface area contributed by atoms with Crippen molar-refractivity contribution in [2.45, 2.75) is 64.3 Å². The molecule has 41 heavy (non-hydrogen) atoms. The van der Waals surface area contributed by atoms with Gasteiger partial charge in [0.2, 0.25) is 5.91 Å². The van der Waals surface area contributed by atoms with Crippen molar-refractivity contribution in [3.05, 3.63) is 75.7 Å². The second-order valence-corrected chi connectivity index (χ2v) is 13.0. The van der Waals surface area contributed by atoms with Gasteiger partial charge in [-0.3, -0.25) is 14.4 Å². The minimum Gasteiger partial charge on any atom is -0.481 e. The number of aromatic nitrogens is 2. The maximum atomic E-state index is 13.4. The number of allylic oxidation sites excluding steroid dienone is 2. The summed E-state index contributed by atoms with van der Waals surface area (Å²) in [6.45, 7) is 6.57. The van der Waals surface area contributed by atoms with Gasteiger partial charge in [-0.2, -0.15) is 0 Å². The monoisotopic (exact) mass is 572 g/mol. The van der Waals surface area contributed by atoms with Crippen molar-refractivity contribution in [2.75, 3.05) is 13.1 Å². The lowest BCUT2D eigenvalue weighted by Crippen LogP contribution is -2.59. The second-order valence-electron chi connectivity index (χ2n) is 11.9. The fourth-order valence-electron chi connectivity index (χ4n) is 5.10. The van der Waals surface area contributed by atoms with Crippen LogP contribution in [0.5, 0.6) is 0 Å². The summed E-state index contributed by atoms with van der Waals surface area (Å²) in [6, 6.07) is 10.6. The number of aliphatic carboxylic acids is 1. The SMILES string of the molecule is CC(C)(C)c1ccc(C(=O)NC(Cc2ccc(-c3ncc(C4=CCCCC4)cn3)cc2)C(=O)N2CC(C(=O)O)C2)s1. The molecule has 5 rings (SSSR count). The number of rotatable bonds is 8. The number of carbonyl (C=O) groups is 3. The molecule has 0 bridgehead atoms. The number of hydrogen-bond acceptors (Lipinski definition) is 6. The Morgan fingerprint density at radius 1 is 1.02 bits per heavy atom. The van der Waals surface area contributed by atoms with E-state index in [1.165, 1.54) is 34.7 Å². The average molecular weight is 573 g/mol. The van der Waals surface area contributed by atoms with Crippen LogP contribution in [0.3, 0.4) is 0 Å². The lowest BCUT2D eigenvalue weighted by molar-refractivity contribution is -0.153. The Balaban J connectivity index is 1.30. The number of nitrogens with zero attached hydrogens (tertiary/aromatic N) is 3. The summed E-state index contributed by atoms with van der Waals surface area (Å²) in [5.41, 5.74) is 4.03. The third kappa shape index (κ3) is 6.73. The normalized spacial score (nSPS) is 16.5. The molecule has 9 heteroatoms. The highest BCUT2D eigenvalue weighted by molar-refractivity contribution is 7.14. The van der Waals surface area contributed by atoms with Gasteiger partial charge in [-0.15, -0.1) is 11.3 Å². The Morgan fingerprint density at radius 3 is 2.32 bits per heavy atom. The van der Waals surface area contributed by atoms with Crippen molar-refractivity contribution in [1.82, 2.24) is 20.2 Å². The molecule has 1 fully saturated rings. The number of benzene rings is 1. The van der Waals surface area contributed by atoms with E-state index < -0.39 is 17.9 Å². The zero-order valence-corrected chi connectivity index (χ0v) is 24.5. The Kier molecular flexibility index (Phi) is 8.35. The zero-order valence-electron chi connectivity index (χ0n) is 23.7. The van der Waals surface area contributed by atoms with Crippen molar-refractivity contribution in [2.24, 2.45) is 5.92 Å².